The Balaban J connectivity index is 2.34. The Bertz CT molecular complexity index is 312. The first-order valence-corrected chi connectivity index (χ1v) is 6.77. The summed E-state index contributed by atoms with van der Waals surface area (Å²) >= 11 is 1.20. The van der Waals surface area contributed by atoms with Gasteiger partial charge in [0.15, 0.2) is 0 Å². The first-order valence-electron chi connectivity index (χ1n) is 5.78. The molecule has 0 amide bonds. The minimum atomic E-state index is -2.24. The molecule has 96 valence electrons. The van der Waals surface area contributed by atoms with Crippen LogP contribution in [0.4, 0.5) is 8.78 Å². The van der Waals surface area contributed by atoms with Crippen molar-refractivity contribution < 1.29 is 8.78 Å². The highest BCUT2D eigenvalue weighted by Gasteiger charge is 2.03. The summed E-state index contributed by atoms with van der Waals surface area (Å²) in [7, 11) is 0. The maximum Gasteiger partial charge on any atom is 0.247 e. The first kappa shape index (κ1) is 14.5. The van der Waals surface area contributed by atoms with Gasteiger partial charge in [-0.05, 0) is 30.2 Å². The lowest BCUT2D eigenvalue weighted by atomic mass is 10.2. The zero-order valence-corrected chi connectivity index (χ0v) is 11.1. The zero-order valence-electron chi connectivity index (χ0n) is 10.2. The molecule has 0 unspecified atom stereocenters. The average molecular weight is 259 g/mol. The van der Waals surface area contributed by atoms with Gasteiger partial charge in [-0.1, -0.05) is 26.0 Å². The largest absolute Gasteiger partial charge is 0.312 e. The minimum absolute atomic E-state index is 0.134. The topological polar surface area (TPSA) is 12.0 Å². The summed E-state index contributed by atoms with van der Waals surface area (Å²) in [6, 6.07) is 7.78. The third kappa shape index (κ3) is 6.64. The first-order chi connectivity index (χ1) is 8.08. The monoisotopic (exact) mass is 259 g/mol. The van der Waals surface area contributed by atoms with Crippen molar-refractivity contribution in [2.75, 3.05) is 12.3 Å². The van der Waals surface area contributed by atoms with Gasteiger partial charge in [0.1, 0.15) is 0 Å². The Morgan fingerprint density at radius 3 is 2.35 bits per heavy atom. The molecule has 0 fully saturated rings. The molecule has 0 aliphatic rings. The second kappa shape index (κ2) is 7.67. The van der Waals surface area contributed by atoms with Crippen LogP contribution in [0.3, 0.4) is 0 Å². The highest BCUT2D eigenvalue weighted by Crippen LogP contribution is 2.20. The molecule has 0 aromatic heterocycles. The fraction of sp³-hybridized carbons (Fsp3) is 0.538. The van der Waals surface area contributed by atoms with Crippen molar-refractivity contribution in [2.45, 2.75) is 31.7 Å². The normalized spacial score (nSPS) is 11.4. The molecular weight excluding hydrogens is 240 g/mol. The number of alkyl halides is 2. The van der Waals surface area contributed by atoms with E-state index >= 15 is 0 Å². The van der Waals surface area contributed by atoms with E-state index in [2.05, 4.69) is 19.2 Å². The van der Waals surface area contributed by atoms with Crippen LogP contribution in [0.25, 0.3) is 0 Å². The summed E-state index contributed by atoms with van der Waals surface area (Å²) in [5, 5.41) is 3.34. The smallest absolute Gasteiger partial charge is 0.247 e. The third-order valence-electron chi connectivity index (χ3n) is 2.18. The van der Waals surface area contributed by atoms with E-state index in [0.717, 1.165) is 18.0 Å². The molecule has 1 N–H and O–H groups in total. The van der Waals surface area contributed by atoms with E-state index in [1.165, 1.54) is 17.3 Å². The van der Waals surface area contributed by atoms with Gasteiger partial charge < -0.3 is 5.32 Å². The molecule has 0 atom stereocenters. The zero-order chi connectivity index (χ0) is 12.7. The van der Waals surface area contributed by atoms with Crippen LogP contribution in [0, 0.1) is 5.92 Å². The van der Waals surface area contributed by atoms with E-state index in [0.29, 0.717) is 5.92 Å². The Morgan fingerprint density at radius 2 is 1.82 bits per heavy atom. The van der Waals surface area contributed by atoms with Gasteiger partial charge in [0, 0.05) is 11.4 Å². The lowest BCUT2D eigenvalue weighted by Gasteiger charge is -2.08. The van der Waals surface area contributed by atoms with E-state index in [-0.39, 0.29) is 5.75 Å². The second-order valence-electron chi connectivity index (χ2n) is 4.37. The fourth-order valence-electron chi connectivity index (χ4n) is 1.37. The number of hydrogen-bond acceptors (Lipinski definition) is 2. The lowest BCUT2D eigenvalue weighted by Crippen LogP contribution is -2.18. The van der Waals surface area contributed by atoms with Gasteiger partial charge in [0.05, 0.1) is 5.75 Å². The number of hydrogen-bond donors (Lipinski definition) is 1. The summed E-state index contributed by atoms with van der Waals surface area (Å²) in [6.45, 7) is 6.15. The summed E-state index contributed by atoms with van der Waals surface area (Å²) in [6.07, 6.45) is -2.24. The van der Waals surface area contributed by atoms with Crippen LogP contribution in [-0.4, -0.2) is 18.7 Å². The molecule has 1 aromatic rings. The Morgan fingerprint density at radius 1 is 1.18 bits per heavy atom. The van der Waals surface area contributed by atoms with E-state index in [9.17, 15) is 8.78 Å². The van der Waals surface area contributed by atoms with Crippen molar-refractivity contribution in [1.29, 1.82) is 0 Å². The van der Waals surface area contributed by atoms with Crippen molar-refractivity contribution in [2.24, 2.45) is 5.92 Å². The van der Waals surface area contributed by atoms with Gasteiger partial charge in [-0.25, -0.2) is 8.78 Å². The maximum absolute atomic E-state index is 12.0. The molecule has 0 heterocycles. The van der Waals surface area contributed by atoms with Crippen LogP contribution in [0.5, 0.6) is 0 Å². The molecule has 0 bridgehead atoms. The van der Waals surface area contributed by atoms with Gasteiger partial charge in [0.25, 0.3) is 0 Å². The Kier molecular flexibility index (Phi) is 6.52. The average Bonchev–Trinajstić information content (AvgIpc) is 2.27. The fourth-order valence-corrected chi connectivity index (χ4v) is 2.01. The highest BCUT2D eigenvalue weighted by atomic mass is 32.2. The van der Waals surface area contributed by atoms with Gasteiger partial charge in [0.2, 0.25) is 6.43 Å². The van der Waals surface area contributed by atoms with Gasteiger partial charge in [-0.3, -0.25) is 0 Å². The molecule has 1 nitrogen and oxygen atoms in total. The van der Waals surface area contributed by atoms with Crippen LogP contribution in [0.1, 0.15) is 19.4 Å². The molecule has 1 rings (SSSR count). The van der Waals surface area contributed by atoms with E-state index in [1.807, 2.05) is 24.3 Å². The number of nitrogens with one attached hydrogen (secondary N) is 1. The highest BCUT2D eigenvalue weighted by molar-refractivity contribution is 7.99. The number of rotatable bonds is 7. The third-order valence-corrected chi connectivity index (χ3v) is 3.21. The van der Waals surface area contributed by atoms with Crippen LogP contribution in [0.15, 0.2) is 29.2 Å². The van der Waals surface area contributed by atoms with Gasteiger partial charge in [-0.2, -0.15) is 0 Å². The maximum atomic E-state index is 12.0. The number of benzene rings is 1. The van der Waals surface area contributed by atoms with Crippen molar-refractivity contribution in [3.8, 4) is 0 Å². The van der Waals surface area contributed by atoms with Crippen molar-refractivity contribution in [3.05, 3.63) is 29.8 Å². The van der Waals surface area contributed by atoms with E-state index in [4.69, 9.17) is 0 Å². The summed E-state index contributed by atoms with van der Waals surface area (Å²) in [5.74, 6) is 0.501. The Labute approximate surface area is 106 Å². The van der Waals surface area contributed by atoms with E-state index < -0.39 is 6.43 Å². The van der Waals surface area contributed by atoms with Gasteiger partial charge >= 0.3 is 0 Å². The molecule has 0 radical (unpaired) electrons. The minimum Gasteiger partial charge on any atom is -0.312 e. The standard InChI is InChI=1S/C13H19F2NS/c1-10(2)7-16-8-11-3-5-12(6-4-11)17-9-13(14)15/h3-6,10,13,16H,7-9H2,1-2H3. The van der Waals surface area contributed by atoms with Crippen LogP contribution in [0.2, 0.25) is 0 Å². The van der Waals surface area contributed by atoms with E-state index in [1.54, 1.807) is 0 Å². The van der Waals surface area contributed by atoms with Crippen LogP contribution < -0.4 is 5.32 Å². The van der Waals surface area contributed by atoms with Crippen LogP contribution >= 0.6 is 11.8 Å². The molecule has 0 saturated carbocycles. The summed E-state index contributed by atoms with van der Waals surface area (Å²) < 4.78 is 24.0. The number of thioether (sulfide) groups is 1. The summed E-state index contributed by atoms with van der Waals surface area (Å²) in [5.41, 5.74) is 1.19. The molecule has 0 spiro atoms. The molecule has 17 heavy (non-hydrogen) atoms. The van der Waals surface area contributed by atoms with Crippen molar-refractivity contribution >= 4 is 11.8 Å². The summed E-state index contributed by atoms with van der Waals surface area (Å²) in [4.78, 5) is 0.901. The lowest BCUT2D eigenvalue weighted by molar-refractivity contribution is 0.177. The van der Waals surface area contributed by atoms with Crippen LogP contribution in [-0.2, 0) is 6.54 Å². The second-order valence-corrected chi connectivity index (χ2v) is 5.46. The predicted molar refractivity (Wildman–Crippen MR) is 69.7 cm³/mol. The number of halogens is 2. The quantitative estimate of drug-likeness (QED) is 0.748. The van der Waals surface area contributed by atoms with Crippen molar-refractivity contribution in [1.82, 2.24) is 5.32 Å². The molecule has 0 aliphatic heterocycles. The predicted octanol–water partition coefficient (Wildman–Crippen LogP) is 3.79. The SMILES string of the molecule is CC(C)CNCc1ccc(SCC(F)F)cc1. The molecular formula is C13H19F2NS. The molecule has 4 heteroatoms. The Hall–Kier alpha value is -0.610. The molecule has 1 aromatic carbocycles. The molecule has 0 aliphatic carbocycles. The van der Waals surface area contributed by atoms with Gasteiger partial charge in [-0.15, -0.1) is 11.8 Å². The van der Waals surface area contributed by atoms with Crippen molar-refractivity contribution in [3.63, 3.8) is 0 Å². The molecule has 0 saturated heterocycles.